The third-order valence-electron chi connectivity index (χ3n) is 2.70. The summed E-state index contributed by atoms with van der Waals surface area (Å²) in [7, 11) is 1.72. The third-order valence-corrected chi connectivity index (χ3v) is 2.70. The van der Waals surface area contributed by atoms with Crippen LogP contribution in [0, 0.1) is 5.92 Å². The molecule has 3 nitrogen and oxygen atoms in total. The van der Waals surface area contributed by atoms with Crippen LogP contribution in [0.5, 0.6) is 0 Å². The molecular weight excluding hydrogens is 166 g/mol. The monoisotopic (exact) mass is 187 g/mol. The lowest BCUT2D eigenvalue weighted by Gasteiger charge is -2.37. The van der Waals surface area contributed by atoms with E-state index < -0.39 is 0 Å². The van der Waals surface area contributed by atoms with E-state index in [1.165, 1.54) is 0 Å². The normalized spacial score (nSPS) is 33.2. The zero-order valence-corrected chi connectivity index (χ0v) is 8.86. The second-order valence-electron chi connectivity index (χ2n) is 4.25. The Morgan fingerprint density at radius 2 is 2.23 bits per heavy atom. The van der Waals surface area contributed by atoms with Crippen molar-refractivity contribution in [2.75, 3.05) is 26.8 Å². The molecule has 0 saturated carbocycles. The van der Waals surface area contributed by atoms with Gasteiger partial charge in [-0.1, -0.05) is 6.92 Å². The van der Waals surface area contributed by atoms with Gasteiger partial charge in [0.2, 0.25) is 0 Å². The second-order valence-corrected chi connectivity index (χ2v) is 4.25. The molecule has 3 heteroatoms. The van der Waals surface area contributed by atoms with Gasteiger partial charge in [-0.15, -0.1) is 0 Å². The number of β-amino-alcohol motifs (C(OH)–C–C–N with tert-alkyl or cyclic N) is 1. The molecule has 0 aromatic carbocycles. The highest BCUT2D eigenvalue weighted by molar-refractivity contribution is 4.79. The van der Waals surface area contributed by atoms with Crippen LogP contribution in [-0.4, -0.2) is 49.0 Å². The summed E-state index contributed by atoms with van der Waals surface area (Å²) in [4.78, 5) is 2.31. The molecule has 0 aromatic heterocycles. The standard InChI is InChI=1S/C10H21NO2/c1-8-4-10(12)6-11(5-8)9(2)7-13-3/h8-10,12H,4-7H2,1-3H3/t8-,9?,10+/m0/s1. The van der Waals surface area contributed by atoms with E-state index in [4.69, 9.17) is 4.74 Å². The first kappa shape index (κ1) is 11.0. The first-order valence-corrected chi connectivity index (χ1v) is 5.04. The predicted molar refractivity (Wildman–Crippen MR) is 52.7 cm³/mol. The van der Waals surface area contributed by atoms with Crippen LogP contribution < -0.4 is 0 Å². The summed E-state index contributed by atoms with van der Waals surface area (Å²) in [6.45, 7) is 6.97. The van der Waals surface area contributed by atoms with E-state index >= 15 is 0 Å². The van der Waals surface area contributed by atoms with Crippen molar-refractivity contribution in [2.45, 2.75) is 32.4 Å². The van der Waals surface area contributed by atoms with Crippen LogP contribution in [0.15, 0.2) is 0 Å². The minimum Gasteiger partial charge on any atom is -0.392 e. The maximum atomic E-state index is 9.58. The summed E-state index contributed by atoms with van der Waals surface area (Å²) < 4.78 is 5.10. The number of piperidine rings is 1. The molecule has 1 saturated heterocycles. The van der Waals surface area contributed by atoms with Crippen LogP contribution in [0.1, 0.15) is 20.3 Å². The molecule has 0 aromatic rings. The number of hydrogen-bond donors (Lipinski definition) is 1. The molecule has 1 aliphatic rings. The Morgan fingerprint density at radius 1 is 1.54 bits per heavy atom. The maximum Gasteiger partial charge on any atom is 0.0670 e. The molecule has 0 radical (unpaired) electrons. The summed E-state index contributed by atoms with van der Waals surface area (Å²) >= 11 is 0. The summed E-state index contributed by atoms with van der Waals surface area (Å²) in [5, 5.41) is 9.58. The minimum absolute atomic E-state index is 0.150. The Balaban J connectivity index is 2.40. The van der Waals surface area contributed by atoms with Gasteiger partial charge >= 0.3 is 0 Å². The van der Waals surface area contributed by atoms with Gasteiger partial charge in [-0.25, -0.2) is 0 Å². The van der Waals surface area contributed by atoms with Crippen molar-refractivity contribution >= 4 is 0 Å². The highest BCUT2D eigenvalue weighted by Gasteiger charge is 2.25. The van der Waals surface area contributed by atoms with E-state index in [1.54, 1.807) is 7.11 Å². The molecule has 1 N–H and O–H groups in total. The Labute approximate surface area is 80.7 Å². The van der Waals surface area contributed by atoms with Crippen molar-refractivity contribution in [3.05, 3.63) is 0 Å². The Bertz CT molecular complexity index is 142. The molecule has 1 fully saturated rings. The largest absolute Gasteiger partial charge is 0.392 e. The lowest BCUT2D eigenvalue weighted by Crippen LogP contribution is -2.48. The number of aliphatic hydroxyl groups excluding tert-OH is 1. The van der Waals surface area contributed by atoms with Gasteiger partial charge in [0.25, 0.3) is 0 Å². The van der Waals surface area contributed by atoms with Crippen molar-refractivity contribution in [1.82, 2.24) is 4.90 Å². The van der Waals surface area contributed by atoms with Gasteiger partial charge in [0.1, 0.15) is 0 Å². The van der Waals surface area contributed by atoms with Crippen LogP contribution in [0.3, 0.4) is 0 Å². The van der Waals surface area contributed by atoms with Crippen molar-refractivity contribution in [1.29, 1.82) is 0 Å². The summed E-state index contributed by atoms with van der Waals surface area (Å²) in [6, 6.07) is 0.419. The van der Waals surface area contributed by atoms with Crippen LogP contribution >= 0.6 is 0 Å². The average Bonchev–Trinajstić information content (AvgIpc) is 2.03. The topological polar surface area (TPSA) is 32.7 Å². The Kier molecular flexibility index (Phi) is 4.16. The average molecular weight is 187 g/mol. The fourth-order valence-corrected chi connectivity index (χ4v) is 2.07. The zero-order chi connectivity index (χ0) is 9.84. The highest BCUT2D eigenvalue weighted by Crippen LogP contribution is 2.18. The number of methoxy groups -OCH3 is 1. The zero-order valence-electron chi connectivity index (χ0n) is 8.86. The van der Waals surface area contributed by atoms with Gasteiger partial charge in [-0.05, 0) is 19.3 Å². The van der Waals surface area contributed by atoms with Gasteiger partial charge in [0.05, 0.1) is 12.7 Å². The third kappa shape index (κ3) is 3.25. The van der Waals surface area contributed by atoms with E-state index in [2.05, 4.69) is 18.7 Å². The first-order valence-electron chi connectivity index (χ1n) is 5.04. The molecule has 0 aliphatic carbocycles. The molecule has 13 heavy (non-hydrogen) atoms. The number of nitrogens with zero attached hydrogens (tertiary/aromatic N) is 1. The molecular formula is C10H21NO2. The van der Waals surface area contributed by atoms with Crippen molar-refractivity contribution in [2.24, 2.45) is 5.92 Å². The second kappa shape index (κ2) is 4.94. The summed E-state index contributed by atoms with van der Waals surface area (Å²) in [5.74, 6) is 0.600. The van der Waals surface area contributed by atoms with Gasteiger partial charge in [-0.2, -0.15) is 0 Å². The summed E-state index contributed by atoms with van der Waals surface area (Å²) in [5.41, 5.74) is 0. The van der Waals surface area contributed by atoms with Crippen molar-refractivity contribution in [3.8, 4) is 0 Å². The van der Waals surface area contributed by atoms with E-state index in [-0.39, 0.29) is 6.10 Å². The molecule has 78 valence electrons. The minimum atomic E-state index is -0.150. The van der Waals surface area contributed by atoms with Crippen LogP contribution in [-0.2, 0) is 4.74 Å². The molecule has 0 spiro atoms. The number of rotatable bonds is 3. The number of aliphatic hydroxyl groups is 1. The number of ether oxygens (including phenoxy) is 1. The van der Waals surface area contributed by atoms with E-state index in [0.717, 1.165) is 26.1 Å². The number of hydrogen-bond acceptors (Lipinski definition) is 3. The van der Waals surface area contributed by atoms with Gasteiger partial charge in [0.15, 0.2) is 0 Å². The quantitative estimate of drug-likeness (QED) is 0.707. The van der Waals surface area contributed by atoms with Gasteiger partial charge in [-0.3, -0.25) is 4.90 Å². The fraction of sp³-hybridized carbons (Fsp3) is 1.00. The fourth-order valence-electron chi connectivity index (χ4n) is 2.07. The Hall–Kier alpha value is -0.120. The molecule has 0 bridgehead atoms. The molecule has 0 amide bonds. The predicted octanol–water partition coefficient (Wildman–Crippen LogP) is 0.724. The lowest BCUT2D eigenvalue weighted by atomic mass is 9.97. The number of likely N-dealkylation sites (tertiary alicyclic amines) is 1. The highest BCUT2D eigenvalue weighted by atomic mass is 16.5. The maximum absolute atomic E-state index is 9.58. The van der Waals surface area contributed by atoms with Crippen molar-refractivity contribution in [3.63, 3.8) is 0 Å². The van der Waals surface area contributed by atoms with Crippen LogP contribution in [0.2, 0.25) is 0 Å². The van der Waals surface area contributed by atoms with Crippen molar-refractivity contribution < 1.29 is 9.84 Å². The first-order chi connectivity index (χ1) is 6.13. The summed E-state index contributed by atoms with van der Waals surface area (Å²) in [6.07, 6.45) is 0.791. The van der Waals surface area contributed by atoms with Gasteiger partial charge in [0, 0.05) is 26.2 Å². The van der Waals surface area contributed by atoms with E-state index in [0.29, 0.717) is 12.0 Å². The smallest absolute Gasteiger partial charge is 0.0670 e. The molecule has 3 atom stereocenters. The molecule has 1 aliphatic heterocycles. The van der Waals surface area contributed by atoms with Gasteiger partial charge < -0.3 is 9.84 Å². The van der Waals surface area contributed by atoms with E-state index in [9.17, 15) is 5.11 Å². The SMILES string of the molecule is COCC(C)N1C[C@@H](C)C[C@@H](O)C1. The van der Waals surface area contributed by atoms with E-state index in [1.807, 2.05) is 0 Å². The Morgan fingerprint density at radius 3 is 2.77 bits per heavy atom. The molecule has 1 unspecified atom stereocenters. The molecule has 1 rings (SSSR count). The molecule has 1 heterocycles. The lowest BCUT2D eigenvalue weighted by molar-refractivity contribution is 0.00551. The van der Waals surface area contributed by atoms with Crippen LogP contribution in [0.25, 0.3) is 0 Å². The van der Waals surface area contributed by atoms with Crippen LogP contribution in [0.4, 0.5) is 0 Å².